The molecule has 3 aliphatic carbocycles. The maximum absolute atomic E-state index is 2.58. The highest BCUT2D eigenvalue weighted by atomic mass is 14.5. The average molecular weight is 282 g/mol. The van der Waals surface area contributed by atoms with Crippen molar-refractivity contribution in [3.05, 3.63) is 33.9 Å². The lowest BCUT2D eigenvalue weighted by atomic mass is 9.56. The third kappa shape index (κ3) is 1.80. The van der Waals surface area contributed by atoms with Gasteiger partial charge in [0.2, 0.25) is 0 Å². The molecule has 114 valence electrons. The van der Waals surface area contributed by atoms with Crippen molar-refractivity contribution in [1.29, 1.82) is 0 Å². The molecule has 2 atom stereocenters. The molecule has 2 unspecified atom stereocenters. The predicted molar refractivity (Wildman–Crippen MR) is 90.4 cm³/mol. The maximum Gasteiger partial charge on any atom is -0.00978 e. The molecule has 0 amide bonds. The quantitative estimate of drug-likeness (QED) is 0.539. The van der Waals surface area contributed by atoms with Crippen LogP contribution in [0.5, 0.6) is 0 Å². The first-order valence-corrected chi connectivity index (χ1v) is 8.99. The van der Waals surface area contributed by atoms with Gasteiger partial charge < -0.3 is 0 Å². The van der Waals surface area contributed by atoms with Gasteiger partial charge in [-0.1, -0.05) is 33.8 Å². The Kier molecular flexibility index (Phi) is 2.74. The Bertz CT molecular complexity index is 603. The first kappa shape index (κ1) is 13.9. The molecule has 1 aromatic carbocycles. The summed E-state index contributed by atoms with van der Waals surface area (Å²) < 4.78 is 0. The van der Waals surface area contributed by atoms with E-state index < -0.39 is 0 Å². The first-order valence-electron chi connectivity index (χ1n) is 8.99. The number of rotatable bonds is 0. The molecule has 1 aromatic rings. The van der Waals surface area contributed by atoms with Gasteiger partial charge in [0.15, 0.2) is 0 Å². The Morgan fingerprint density at radius 1 is 0.810 bits per heavy atom. The number of hydrogen-bond donors (Lipinski definition) is 0. The molecule has 0 saturated heterocycles. The Morgan fingerprint density at radius 3 is 2.05 bits per heavy atom. The molecule has 0 radical (unpaired) electrons. The fraction of sp³-hybridized carbons (Fsp3) is 0.714. The van der Waals surface area contributed by atoms with Crippen molar-refractivity contribution in [2.45, 2.75) is 95.8 Å². The van der Waals surface area contributed by atoms with Crippen LogP contribution < -0.4 is 0 Å². The summed E-state index contributed by atoms with van der Waals surface area (Å²) in [5.74, 6) is 1.74. The van der Waals surface area contributed by atoms with E-state index in [4.69, 9.17) is 0 Å². The van der Waals surface area contributed by atoms with Gasteiger partial charge in [0.05, 0.1) is 0 Å². The zero-order valence-electron chi connectivity index (χ0n) is 14.5. The lowest BCUT2D eigenvalue weighted by Gasteiger charge is -2.49. The fourth-order valence-electron chi connectivity index (χ4n) is 5.78. The molecular weight excluding hydrogens is 252 g/mol. The van der Waals surface area contributed by atoms with E-state index >= 15 is 0 Å². The second-order valence-electron chi connectivity index (χ2n) is 9.26. The number of aryl methyl sites for hydroxylation is 1. The van der Waals surface area contributed by atoms with Gasteiger partial charge in [-0.3, -0.25) is 0 Å². The van der Waals surface area contributed by atoms with E-state index in [9.17, 15) is 0 Å². The summed E-state index contributed by atoms with van der Waals surface area (Å²) in [5, 5.41) is 0. The molecule has 0 nitrogen and oxygen atoms in total. The van der Waals surface area contributed by atoms with Crippen LogP contribution in [0.25, 0.3) is 0 Å². The van der Waals surface area contributed by atoms with Gasteiger partial charge in [0.25, 0.3) is 0 Å². The van der Waals surface area contributed by atoms with Gasteiger partial charge in [-0.25, -0.2) is 0 Å². The Morgan fingerprint density at radius 2 is 1.38 bits per heavy atom. The largest absolute Gasteiger partial charge is 0.0558 e. The van der Waals surface area contributed by atoms with Crippen molar-refractivity contribution >= 4 is 0 Å². The lowest BCUT2D eigenvalue weighted by molar-refractivity contribution is 0.311. The monoisotopic (exact) mass is 282 g/mol. The Labute approximate surface area is 130 Å². The summed E-state index contributed by atoms with van der Waals surface area (Å²) in [6.45, 7) is 12.3. The molecule has 0 bridgehead atoms. The highest BCUT2D eigenvalue weighted by Crippen LogP contribution is 2.57. The second kappa shape index (κ2) is 4.15. The van der Waals surface area contributed by atoms with Crippen molar-refractivity contribution in [2.24, 2.45) is 0 Å². The molecule has 0 N–H and O–H groups in total. The van der Waals surface area contributed by atoms with E-state index in [-0.39, 0.29) is 0 Å². The van der Waals surface area contributed by atoms with E-state index in [2.05, 4.69) is 40.7 Å². The molecule has 0 heterocycles. The van der Waals surface area contributed by atoms with Crippen LogP contribution in [0.4, 0.5) is 0 Å². The molecule has 0 aromatic heterocycles. The third-order valence-corrected chi connectivity index (χ3v) is 6.93. The normalized spacial score (nSPS) is 31.7. The number of hydrogen-bond acceptors (Lipinski definition) is 0. The van der Waals surface area contributed by atoms with E-state index in [0.29, 0.717) is 10.8 Å². The van der Waals surface area contributed by atoms with Gasteiger partial charge in [0.1, 0.15) is 0 Å². The molecule has 0 fully saturated rings. The lowest BCUT2D eigenvalue weighted by Crippen LogP contribution is -2.36. The van der Waals surface area contributed by atoms with Gasteiger partial charge in [-0.05, 0) is 95.9 Å². The maximum atomic E-state index is 2.58. The van der Waals surface area contributed by atoms with Crippen molar-refractivity contribution in [3.63, 3.8) is 0 Å². The van der Waals surface area contributed by atoms with Crippen LogP contribution in [0.2, 0.25) is 0 Å². The third-order valence-electron chi connectivity index (χ3n) is 6.93. The minimum Gasteiger partial charge on any atom is -0.0558 e. The van der Waals surface area contributed by atoms with Crippen molar-refractivity contribution < 1.29 is 0 Å². The summed E-state index contributed by atoms with van der Waals surface area (Å²) in [7, 11) is 0. The molecule has 4 rings (SSSR count). The van der Waals surface area contributed by atoms with Crippen LogP contribution in [0.3, 0.4) is 0 Å². The van der Waals surface area contributed by atoms with Crippen LogP contribution in [0.15, 0.2) is 6.07 Å². The van der Waals surface area contributed by atoms with Crippen molar-refractivity contribution in [3.8, 4) is 0 Å². The summed E-state index contributed by atoms with van der Waals surface area (Å²) in [6, 6.07) is 2.58. The summed E-state index contributed by atoms with van der Waals surface area (Å²) in [5.41, 5.74) is 9.43. The van der Waals surface area contributed by atoms with Crippen LogP contribution >= 0.6 is 0 Å². The Hall–Kier alpha value is -0.780. The average Bonchev–Trinajstić information content (AvgIpc) is 2.40. The second-order valence-corrected chi connectivity index (χ2v) is 9.26. The highest BCUT2D eigenvalue weighted by Gasteiger charge is 2.44. The van der Waals surface area contributed by atoms with E-state index in [1.807, 2.05) is 11.1 Å². The zero-order valence-corrected chi connectivity index (χ0v) is 14.5. The van der Waals surface area contributed by atoms with Crippen molar-refractivity contribution in [2.75, 3.05) is 0 Å². The van der Waals surface area contributed by atoms with Gasteiger partial charge >= 0.3 is 0 Å². The van der Waals surface area contributed by atoms with Gasteiger partial charge in [-0.2, -0.15) is 0 Å². The molecule has 0 heteroatoms. The van der Waals surface area contributed by atoms with Crippen LogP contribution in [0, 0.1) is 6.92 Å². The summed E-state index contributed by atoms with van der Waals surface area (Å²) in [6.07, 6.45) is 8.48. The van der Waals surface area contributed by atoms with Crippen LogP contribution in [-0.2, 0) is 10.8 Å². The van der Waals surface area contributed by atoms with Crippen LogP contribution in [-0.4, -0.2) is 0 Å². The van der Waals surface area contributed by atoms with E-state index in [1.54, 1.807) is 16.7 Å². The molecule has 0 saturated carbocycles. The van der Waals surface area contributed by atoms with Gasteiger partial charge in [0, 0.05) is 0 Å². The Balaban J connectivity index is 2.07. The van der Waals surface area contributed by atoms with Crippen molar-refractivity contribution in [1.82, 2.24) is 0 Å². The summed E-state index contributed by atoms with van der Waals surface area (Å²) in [4.78, 5) is 0. The minimum atomic E-state index is 0.383. The number of benzene rings is 1. The summed E-state index contributed by atoms with van der Waals surface area (Å²) >= 11 is 0. The topological polar surface area (TPSA) is 0 Å². The smallest absolute Gasteiger partial charge is 0.00978 e. The molecule has 3 aliphatic rings. The molecule has 0 aliphatic heterocycles. The molecule has 21 heavy (non-hydrogen) atoms. The molecule has 0 spiro atoms. The first-order chi connectivity index (χ1) is 9.81. The highest BCUT2D eigenvalue weighted by molar-refractivity contribution is 5.57. The SMILES string of the molecule is Cc1cc2c3c4c1C(C)(C)CCC4CCC3CCC2(C)C. The van der Waals surface area contributed by atoms with E-state index in [1.165, 1.54) is 38.5 Å². The zero-order chi connectivity index (χ0) is 15.0. The van der Waals surface area contributed by atoms with Crippen LogP contribution in [0.1, 0.15) is 106 Å². The predicted octanol–water partition coefficient (Wildman–Crippen LogP) is 6.10. The fourth-order valence-corrected chi connectivity index (χ4v) is 5.78. The standard InChI is InChI=1S/C21H30/c1-13-12-16-17-14(8-10-20(16,2)3)6-7-15-9-11-21(4,5)19(13)18(15)17/h12,14-15H,6-11H2,1-5H3. The minimum absolute atomic E-state index is 0.383. The van der Waals surface area contributed by atoms with E-state index in [0.717, 1.165) is 11.8 Å². The van der Waals surface area contributed by atoms with Gasteiger partial charge in [-0.15, -0.1) is 0 Å². The molecular formula is C21H30.